The molecule has 4 aromatic rings. The van der Waals surface area contributed by atoms with Gasteiger partial charge in [-0.25, -0.2) is 4.90 Å². The normalized spacial score (nSPS) is 20.1. The van der Waals surface area contributed by atoms with Crippen molar-refractivity contribution in [2.75, 3.05) is 12.0 Å². The fourth-order valence-electron chi connectivity index (χ4n) is 5.02. The largest absolute Gasteiger partial charge is 0.497 e. The summed E-state index contributed by atoms with van der Waals surface area (Å²) in [5.41, 5.74) is 1.96. The summed E-state index contributed by atoms with van der Waals surface area (Å²) >= 11 is 14.8. The highest BCUT2D eigenvalue weighted by atomic mass is 35.5. The van der Waals surface area contributed by atoms with Crippen LogP contribution in [0.2, 0.25) is 10.0 Å². The first-order chi connectivity index (χ1) is 18.8. The lowest BCUT2D eigenvalue weighted by Crippen LogP contribution is -2.32. The predicted octanol–water partition coefficient (Wildman–Crippen LogP) is 6.13. The molecule has 0 spiro atoms. The number of imide groups is 1. The number of hydrogen-bond donors (Lipinski definition) is 1. The van der Waals surface area contributed by atoms with Gasteiger partial charge in [0, 0.05) is 26.4 Å². The third-order valence-electron chi connectivity index (χ3n) is 6.74. The highest BCUT2D eigenvalue weighted by Crippen LogP contribution is 2.54. The molecule has 39 heavy (non-hydrogen) atoms. The van der Waals surface area contributed by atoms with Crippen molar-refractivity contribution in [2.24, 2.45) is 5.92 Å². The number of hydrogen-bond acceptors (Lipinski definition) is 7. The van der Waals surface area contributed by atoms with E-state index < -0.39 is 17.1 Å². The van der Waals surface area contributed by atoms with Crippen LogP contribution in [0.3, 0.4) is 0 Å². The van der Waals surface area contributed by atoms with Gasteiger partial charge in [-0.05, 0) is 60.2 Å². The SMILES string of the molecule is COc1ccc(N2C(=O)C3Sc4[nH]c(=O)sc4C(c4cc(Cl)ccc4OCc4cccc(Cl)c4)C3C2=O)cc1. The van der Waals surface area contributed by atoms with Crippen LogP contribution in [0.25, 0.3) is 0 Å². The molecule has 2 aliphatic heterocycles. The van der Waals surface area contributed by atoms with Crippen LogP contribution in [-0.4, -0.2) is 29.2 Å². The minimum absolute atomic E-state index is 0.228. The van der Waals surface area contributed by atoms with E-state index >= 15 is 0 Å². The van der Waals surface area contributed by atoms with Gasteiger partial charge in [0.15, 0.2) is 0 Å². The zero-order chi connectivity index (χ0) is 27.3. The van der Waals surface area contributed by atoms with E-state index in [-0.39, 0.29) is 23.3 Å². The zero-order valence-corrected chi connectivity index (χ0v) is 23.5. The molecule has 0 aliphatic carbocycles. The molecule has 2 amide bonds. The van der Waals surface area contributed by atoms with Crippen molar-refractivity contribution in [1.82, 2.24) is 4.98 Å². The van der Waals surface area contributed by atoms with E-state index in [1.807, 2.05) is 18.2 Å². The Morgan fingerprint density at radius 3 is 2.46 bits per heavy atom. The monoisotopic (exact) mass is 598 g/mol. The van der Waals surface area contributed by atoms with Crippen molar-refractivity contribution >= 4 is 63.8 Å². The number of amides is 2. The van der Waals surface area contributed by atoms with Gasteiger partial charge in [-0.3, -0.25) is 14.4 Å². The first-order valence-corrected chi connectivity index (χ1v) is 14.4. The van der Waals surface area contributed by atoms with Gasteiger partial charge in [0.2, 0.25) is 11.8 Å². The van der Waals surface area contributed by atoms with Gasteiger partial charge in [0.25, 0.3) is 0 Å². The average molecular weight is 600 g/mol. The first kappa shape index (κ1) is 26.0. The molecule has 1 fully saturated rings. The number of H-pyrrole nitrogens is 1. The number of nitrogens with zero attached hydrogens (tertiary/aromatic N) is 1. The Balaban J connectivity index is 1.43. The van der Waals surface area contributed by atoms with Crippen LogP contribution in [-0.2, 0) is 16.2 Å². The molecule has 0 saturated carbocycles. The van der Waals surface area contributed by atoms with Gasteiger partial charge in [-0.2, -0.15) is 0 Å². The molecule has 6 rings (SSSR count). The van der Waals surface area contributed by atoms with Crippen molar-refractivity contribution in [3.63, 3.8) is 0 Å². The van der Waals surface area contributed by atoms with Gasteiger partial charge in [-0.15, -0.1) is 0 Å². The Kier molecular flexibility index (Phi) is 6.93. The van der Waals surface area contributed by atoms with Crippen LogP contribution in [0.5, 0.6) is 11.5 Å². The Hall–Kier alpha value is -3.24. The summed E-state index contributed by atoms with van der Waals surface area (Å²) < 4.78 is 11.4. The topological polar surface area (TPSA) is 88.7 Å². The number of anilines is 1. The molecule has 3 heterocycles. The number of thiazole rings is 1. The number of carbonyl (C=O) groups excluding carboxylic acids is 2. The molecular formula is C28H20Cl2N2O5S2. The molecule has 7 nitrogen and oxygen atoms in total. The summed E-state index contributed by atoms with van der Waals surface area (Å²) in [6, 6.07) is 19.3. The number of carbonyl (C=O) groups is 2. The quantitative estimate of drug-likeness (QED) is 0.269. The van der Waals surface area contributed by atoms with Gasteiger partial charge < -0.3 is 14.5 Å². The van der Waals surface area contributed by atoms with E-state index in [1.54, 1.807) is 55.6 Å². The second-order valence-electron chi connectivity index (χ2n) is 9.06. The first-order valence-electron chi connectivity index (χ1n) is 11.9. The minimum atomic E-state index is -0.768. The number of aromatic nitrogens is 1. The lowest BCUT2D eigenvalue weighted by molar-refractivity contribution is -0.122. The lowest BCUT2D eigenvalue weighted by atomic mass is 9.82. The highest BCUT2D eigenvalue weighted by molar-refractivity contribution is 8.00. The van der Waals surface area contributed by atoms with Crippen LogP contribution >= 0.6 is 46.3 Å². The average Bonchev–Trinajstić information content (AvgIpc) is 3.42. The number of rotatable bonds is 6. The van der Waals surface area contributed by atoms with E-state index in [2.05, 4.69) is 4.98 Å². The Morgan fingerprint density at radius 2 is 1.72 bits per heavy atom. The fraction of sp³-hybridized carbons (Fsp3) is 0.179. The van der Waals surface area contributed by atoms with Gasteiger partial charge in [0.1, 0.15) is 23.4 Å². The molecule has 1 saturated heterocycles. The maximum Gasteiger partial charge on any atom is 0.305 e. The van der Waals surface area contributed by atoms with Crippen LogP contribution in [0, 0.1) is 5.92 Å². The second-order valence-corrected chi connectivity index (χ2v) is 12.1. The molecule has 0 radical (unpaired) electrons. The van der Waals surface area contributed by atoms with E-state index in [1.165, 1.54) is 16.7 Å². The summed E-state index contributed by atoms with van der Waals surface area (Å²) in [4.78, 5) is 44.6. The molecule has 3 atom stereocenters. The number of nitrogens with one attached hydrogen (secondary N) is 1. The number of halogens is 2. The lowest BCUT2D eigenvalue weighted by Gasteiger charge is -2.31. The number of ether oxygens (including phenoxy) is 2. The molecule has 198 valence electrons. The molecule has 11 heteroatoms. The van der Waals surface area contributed by atoms with Gasteiger partial charge >= 0.3 is 4.87 Å². The van der Waals surface area contributed by atoms with Crippen LogP contribution in [0.15, 0.2) is 76.6 Å². The Labute approximate surface area is 241 Å². The molecular weight excluding hydrogens is 579 g/mol. The molecule has 1 N–H and O–H groups in total. The number of benzene rings is 3. The smallest absolute Gasteiger partial charge is 0.305 e. The molecule has 0 bridgehead atoms. The highest BCUT2D eigenvalue weighted by Gasteiger charge is 2.56. The third kappa shape index (κ3) is 4.74. The number of methoxy groups -OCH3 is 1. The number of fused-ring (bicyclic) bond motifs is 2. The van der Waals surface area contributed by atoms with E-state index in [9.17, 15) is 14.4 Å². The van der Waals surface area contributed by atoms with E-state index in [0.717, 1.165) is 16.9 Å². The summed E-state index contributed by atoms with van der Waals surface area (Å²) in [5, 5.41) is 0.884. The fourth-order valence-corrected chi connectivity index (χ4v) is 7.92. The van der Waals surface area contributed by atoms with Gasteiger partial charge in [-0.1, -0.05) is 58.4 Å². The molecule has 3 unspecified atom stereocenters. The van der Waals surface area contributed by atoms with E-state index in [4.69, 9.17) is 32.7 Å². The van der Waals surface area contributed by atoms with Crippen LogP contribution in [0.1, 0.15) is 21.9 Å². The maximum atomic E-state index is 14.0. The van der Waals surface area contributed by atoms with Crippen molar-refractivity contribution in [3.8, 4) is 11.5 Å². The summed E-state index contributed by atoms with van der Waals surface area (Å²) in [6.07, 6.45) is 0. The van der Waals surface area contributed by atoms with Crippen molar-refractivity contribution in [2.45, 2.75) is 22.8 Å². The number of aromatic amines is 1. The maximum absolute atomic E-state index is 14.0. The van der Waals surface area contributed by atoms with E-state index in [0.29, 0.717) is 42.7 Å². The third-order valence-corrected chi connectivity index (χ3v) is 9.62. The summed E-state index contributed by atoms with van der Waals surface area (Å²) in [7, 11) is 1.55. The minimum Gasteiger partial charge on any atom is -0.497 e. The number of thioether (sulfide) groups is 1. The van der Waals surface area contributed by atoms with Crippen molar-refractivity contribution < 1.29 is 19.1 Å². The summed E-state index contributed by atoms with van der Waals surface area (Å²) in [6.45, 7) is 0.228. The molecule has 1 aromatic heterocycles. The summed E-state index contributed by atoms with van der Waals surface area (Å²) in [5.74, 6) is -0.961. The second kappa shape index (κ2) is 10.4. The standard InChI is InChI=1S/C28H20Cl2N2O5S2/c1-36-18-8-6-17(7-9-18)32-26(33)22-21(23-25(31-28(35)39-23)38-24(22)27(32)34)19-12-16(30)5-10-20(19)37-13-14-3-2-4-15(29)11-14/h2-12,21-22,24H,13H2,1H3,(H,31,35). The van der Waals surface area contributed by atoms with Crippen molar-refractivity contribution in [3.05, 3.63) is 102 Å². The molecule has 2 aliphatic rings. The molecule has 3 aromatic carbocycles. The Morgan fingerprint density at radius 1 is 0.949 bits per heavy atom. The van der Waals surface area contributed by atoms with Gasteiger partial charge in [0.05, 0.1) is 23.7 Å². The predicted molar refractivity (Wildman–Crippen MR) is 153 cm³/mol. The van der Waals surface area contributed by atoms with Crippen LogP contribution < -0.4 is 19.2 Å². The Bertz CT molecular complexity index is 1650. The zero-order valence-electron chi connectivity index (χ0n) is 20.4. The van der Waals surface area contributed by atoms with Crippen molar-refractivity contribution in [1.29, 1.82) is 0 Å². The van der Waals surface area contributed by atoms with Crippen LogP contribution in [0.4, 0.5) is 5.69 Å².